The van der Waals surface area contributed by atoms with Crippen LogP contribution in [0.5, 0.6) is 5.75 Å². The summed E-state index contributed by atoms with van der Waals surface area (Å²) < 4.78 is 16.3. The Kier molecular flexibility index (Phi) is 16.4. The largest absolute Gasteiger partial charge is 0.491 e. The van der Waals surface area contributed by atoms with Crippen LogP contribution in [0.3, 0.4) is 0 Å². The van der Waals surface area contributed by atoms with Gasteiger partial charge in [-0.1, -0.05) is 31.4 Å². The highest BCUT2D eigenvalue weighted by Crippen LogP contribution is 2.33. The number of hydrogen-bond acceptors (Lipinski definition) is 11. The van der Waals surface area contributed by atoms with Crippen molar-refractivity contribution in [3.63, 3.8) is 0 Å². The molecule has 1 aliphatic carbocycles. The lowest BCUT2D eigenvalue weighted by Crippen LogP contribution is -2.44. The molecule has 1 aliphatic heterocycles. The molecule has 1 aromatic carbocycles. The molecule has 45 heavy (non-hydrogen) atoms. The van der Waals surface area contributed by atoms with Gasteiger partial charge in [0.05, 0.1) is 39.0 Å². The predicted molar refractivity (Wildman–Crippen MR) is 174 cm³/mol. The second kappa shape index (κ2) is 20.2. The number of ether oxygens (including phenoxy) is 3. The summed E-state index contributed by atoms with van der Waals surface area (Å²) in [7, 11) is 1.70. The second-order valence-corrected chi connectivity index (χ2v) is 12.4. The minimum atomic E-state index is -0.160. The fourth-order valence-electron chi connectivity index (χ4n) is 5.50. The van der Waals surface area contributed by atoms with E-state index in [-0.39, 0.29) is 30.3 Å². The average molecular weight is 647 g/mol. The van der Waals surface area contributed by atoms with Crippen molar-refractivity contribution in [3.8, 4) is 5.75 Å². The number of carbonyl (C=O) groups excluding carboxylic acids is 3. The number of hydrogen-bond donors (Lipinski definition) is 3. The van der Waals surface area contributed by atoms with Crippen LogP contribution >= 0.6 is 11.3 Å². The molecule has 1 saturated carbocycles. The van der Waals surface area contributed by atoms with Crippen molar-refractivity contribution in [3.05, 3.63) is 45.9 Å². The van der Waals surface area contributed by atoms with Gasteiger partial charge in [-0.3, -0.25) is 20.2 Å². The highest BCUT2D eigenvalue weighted by atomic mass is 32.1. The summed E-state index contributed by atoms with van der Waals surface area (Å²) in [4.78, 5) is 41.7. The quantitative estimate of drug-likeness (QED) is 0.0766. The Hall–Kier alpha value is -2.94. The number of rotatable bonds is 17. The molecule has 2 aliphatic rings. The van der Waals surface area contributed by atoms with E-state index in [0.717, 1.165) is 30.8 Å². The Morgan fingerprint density at radius 1 is 1.11 bits per heavy atom. The van der Waals surface area contributed by atoms with E-state index in [1.807, 2.05) is 0 Å². The molecule has 0 spiro atoms. The minimum Gasteiger partial charge on any atom is -0.491 e. The summed E-state index contributed by atoms with van der Waals surface area (Å²) in [6.07, 6.45) is 9.16. The van der Waals surface area contributed by atoms with Crippen molar-refractivity contribution in [1.29, 1.82) is 0 Å². The SMILES string of the molecule is CC(NC(=O)CN(C)N)C1CCCCC1.NCCOCCOCCOc1cccc(C(=O)c2csc(C3CCCN3C=O)n2)c1. The second-order valence-electron chi connectivity index (χ2n) is 11.5. The first-order valence-electron chi connectivity index (χ1n) is 15.9. The maximum absolute atomic E-state index is 12.8. The van der Waals surface area contributed by atoms with Crippen molar-refractivity contribution < 1.29 is 28.6 Å². The summed E-state index contributed by atoms with van der Waals surface area (Å²) in [6, 6.07) is 7.30. The minimum absolute atomic E-state index is 0.0237. The molecule has 2 atom stereocenters. The zero-order valence-corrected chi connectivity index (χ0v) is 27.5. The number of nitrogens with two attached hydrogens (primary N) is 2. The first kappa shape index (κ1) is 36.5. The van der Waals surface area contributed by atoms with Gasteiger partial charge in [-0.05, 0) is 50.7 Å². The molecule has 4 rings (SSSR count). The lowest BCUT2D eigenvalue weighted by Gasteiger charge is -2.28. The summed E-state index contributed by atoms with van der Waals surface area (Å²) in [5, 5.41) is 6.99. The van der Waals surface area contributed by atoms with Crippen LogP contribution in [0, 0.1) is 5.92 Å². The van der Waals surface area contributed by atoms with Gasteiger partial charge in [0, 0.05) is 37.1 Å². The van der Waals surface area contributed by atoms with E-state index in [4.69, 9.17) is 25.8 Å². The third kappa shape index (κ3) is 12.8. The maximum atomic E-state index is 12.8. The van der Waals surface area contributed by atoms with Crippen molar-refractivity contribution in [2.24, 2.45) is 17.5 Å². The van der Waals surface area contributed by atoms with Gasteiger partial charge in [-0.25, -0.2) is 9.99 Å². The zero-order valence-electron chi connectivity index (χ0n) is 26.7. The topological polar surface area (TPSA) is 162 Å². The van der Waals surface area contributed by atoms with E-state index < -0.39 is 0 Å². The molecule has 250 valence electrons. The standard InChI is InChI=1S/C21H27N3O5S.C11H23N3O/c22-6-8-27-9-10-28-11-12-29-17-4-1-3-16(13-17)20(26)18-14-30-21(23-18)19-5-2-7-24(19)15-25;1-9(10-6-4-3-5-7-10)13-11(15)8-14(2)12/h1,3-4,13-15,19H,2,5-12,22H2;9-10H,3-8,12H2,1-2H3,(H,13,15). The monoisotopic (exact) mass is 646 g/mol. The van der Waals surface area contributed by atoms with E-state index >= 15 is 0 Å². The fraction of sp³-hybridized carbons (Fsp3) is 0.625. The van der Waals surface area contributed by atoms with Gasteiger partial charge in [0.15, 0.2) is 0 Å². The van der Waals surface area contributed by atoms with Crippen LogP contribution in [-0.4, -0.2) is 98.8 Å². The number of benzene rings is 1. The van der Waals surface area contributed by atoms with Gasteiger partial charge in [-0.2, -0.15) is 0 Å². The Labute approximate surface area is 270 Å². The van der Waals surface area contributed by atoms with Crippen molar-refractivity contribution in [2.75, 3.05) is 59.7 Å². The highest BCUT2D eigenvalue weighted by Gasteiger charge is 2.28. The molecular formula is C32H50N6O6S. The Morgan fingerprint density at radius 2 is 1.84 bits per heavy atom. The number of thiazole rings is 1. The molecule has 2 amide bonds. The van der Waals surface area contributed by atoms with Crippen LogP contribution in [0.1, 0.15) is 79.0 Å². The smallest absolute Gasteiger partial charge is 0.235 e. The molecule has 2 heterocycles. The molecule has 1 aromatic heterocycles. The lowest BCUT2D eigenvalue weighted by atomic mass is 9.84. The summed E-state index contributed by atoms with van der Waals surface area (Å²) in [5.41, 5.74) is 6.25. The number of likely N-dealkylation sites (tertiary alicyclic amines) is 1. The number of amides is 2. The van der Waals surface area contributed by atoms with Crippen molar-refractivity contribution >= 4 is 29.4 Å². The van der Waals surface area contributed by atoms with E-state index in [1.54, 1.807) is 41.6 Å². The maximum Gasteiger partial charge on any atom is 0.235 e. The van der Waals surface area contributed by atoms with Crippen LogP contribution in [0.4, 0.5) is 0 Å². The lowest BCUT2D eigenvalue weighted by molar-refractivity contribution is -0.123. The van der Waals surface area contributed by atoms with Gasteiger partial charge < -0.3 is 30.2 Å². The van der Waals surface area contributed by atoms with E-state index in [0.29, 0.717) is 62.5 Å². The fourth-order valence-corrected chi connectivity index (χ4v) is 6.46. The molecule has 0 radical (unpaired) electrons. The molecule has 13 heteroatoms. The van der Waals surface area contributed by atoms with Crippen LogP contribution in [0.2, 0.25) is 0 Å². The summed E-state index contributed by atoms with van der Waals surface area (Å²) >= 11 is 1.42. The highest BCUT2D eigenvalue weighted by molar-refractivity contribution is 7.10. The van der Waals surface area contributed by atoms with Crippen LogP contribution in [0.25, 0.3) is 0 Å². The molecule has 12 nitrogen and oxygen atoms in total. The van der Waals surface area contributed by atoms with Gasteiger partial charge >= 0.3 is 0 Å². The van der Waals surface area contributed by atoms with E-state index in [1.165, 1.54) is 48.4 Å². The van der Waals surface area contributed by atoms with E-state index in [2.05, 4.69) is 17.2 Å². The number of ketones is 1. The number of likely N-dealkylation sites (N-methyl/N-ethyl adjacent to an activating group) is 1. The van der Waals surface area contributed by atoms with E-state index in [9.17, 15) is 14.4 Å². The third-order valence-electron chi connectivity index (χ3n) is 7.83. The number of carbonyl (C=O) groups is 3. The summed E-state index contributed by atoms with van der Waals surface area (Å²) in [5.74, 6) is 6.54. The zero-order chi connectivity index (χ0) is 32.4. The molecule has 2 aromatic rings. The van der Waals surface area contributed by atoms with Crippen LogP contribution < -0.4 is 21.6 Å². The summed E-state index contributed by atoms with van der Waals surface area (Å²) in [6.45, 7) is 5.92. The number of nitrogens with one attached hydrogen (secondary N) is 1. The predicted octanol–water partition coefficient (Wildman–Crippen LogP) is 2.92. The van der Waals surface area contributed by atoms with Gasteiger partial charge in [0.2, 0.25) is 18.1 Å². The van der Waals surface area contributed by atoms with Crippen molar-refractivity contribution in [1.82, 2.24) is 20.2 Å². The Bertz CT molecular complexity index is 1170. The Balaban J connectivity index is 0.000000309. The third-order valence-corrected chi connectivity index (χ3v) is 8.78. The van der Waals surface area contributed by atoms with Crippen LogP contribution in [-0.2, 0) is 19.1 Å². The van der Waals surface area contributed by atoms with Crippen molar-refractivity contribution in [2.45, 2.75) is 64.0 Å². The first-order chi connectivity index (χ1) is 21.8. The first-order valence-corrected chi connectivity index (χ1v) is 16.7. The molecule has 2 unspecified atom stereocenters. The van der Waals surface area contributed by atoms with Gasteiger partial charge in [0.1, 0.15) is 23.1 Å². The van der Waals surface area contributed by atoms with Gasteiger partial charge in [-0.15, -0.1) is 11.3 Å². The number of aromatic nitrogens is 1. The molecule has 2 fully saturated rings. The van der Waals surface area contributed by atoms with Gasteiger partial charge in [0.25, 0.3) is 0 Å². The molecule has 0 bridgehead atoms. The molecule has 1 saturated heterocycles. The Morgan fingerprint density at radius 3 is 2.56 bits per heavy atom. The molecule has 5 N–H and O–H groups in total. The average Bonchev–Trinajstić information content (AvgIpc) is 3.72. The number of hydrazine groups is 1. The van der Waals surface area contributed by atoms with Crippen LogP contribution in [0.15, 0.2) is 29.6 Å². The number of nitrogens with zero attached hydrogens (tertiary/aromatic N) is 3. The normalized spacial score (nSPS) is 17.4. The molecular weight excluding hydrogens is 596 g/mol.